The molecule has 6 heteroatoms. The molecule has 0 amide bonds. The van der Waals surface area contributed by atoms with Gasteiger partial charge in [-0.25, -0.2) is 0 Å². The lowest BCUT2D eigenvalue weighted by Gasteiger charge is -2.09. The number of carbonyl (C=O) groups excluding carboxylic acids is 1. The quantitative estimate of drug-likeness (QED) is 0.592. The van der Waals surface area contributed by atoms with E-state index in [1.165, 1.54) is 31.4 Å². The van der Waals surface area contributed by atoms with Crippen molar-refractivity contribution in [1.29, 1.82) is 0 Å². The zero-order chi connectivity index (χ0) is 17.7. The topological polar surface area (TPSA) is 69.7 Å². The molecular weight excluding hydrogens is 328 g/mol. The molecule has 0 aliphatic heterocycles. The lowest BCUT2D eigenvalue weighted by atomic mass is 10.0. The Labute approximate surface area is 142 Å². The molecule has 0 aliphatic carbocycles. The summed E-state index contributed by atoms with van der Waals surface area (Å²) in [5.74, 6) is 0.156. The number of benzene rings is 2. The van der Waals surface area contributed by atoms with Gasteiger partial charge in [0, 0.05) is 0 Å². The standard InChI is InChI=1S/C18H20O5S/c1-13(2)15-6-10-17(11-7-15)24(20,21)23-16-8-4-14(5-9-16)12-18(19)22-3/h4-11,13H,12H2,1-3H3. The first-order valence-corrected chi connectivity index (χ1v) is 8.93. The third-order valence-electron chi connectivity index (χ3n) is 3.54. The summed E-state index contributed by atoms with van der Waals surface area (Å²) in [4.78, 5) is 11.3. The Balaban J connectivity index is 2.12. The SMILES string of the molecule is COC(=O)Cc1ccc(OS(=O)(=O)c2ccc(C(C)C)cc2)cc1. The van der Waals surface area contributed by atoms with E-state index in [1.807, 2.05) is 13.8 Å². The van der Waals surface area contributed by atoms with E-state index >= 15 is 0 Å². The molecular formula is C18H20O5S. The molecule has 5 nitrogen and oxygen atoms in total. The van der Waals surface area contributed by atoms with Crippen LogP contribution in [0.1, 0.15) is 30.9 Å². The lowest BCUT2D eigenvalue weighted by Crippen LogP contribution is -2.10. The van der Waals surface area contributed by atoms with Crippen LogP contribution in [0.25, 0.3) is 0 Å². The number of esters is 1. The minimum absolute atomic E-state index is 0.102. The minimum Gasteiger partial charge on any atom is -0.469 e. The van der Waals surface area contributed by atoms with Crippen LogP contribution in [0, 0.1) is 0 Å². The minimum atomic E-state index is -3.89. The second-order valence-corrected chi connectivity index (χ2v) is 7.20. The van der Waals surface area contributed by atoms with Crippen molar-refractivity contribution in [2.75, 3.05) is 7.11 Å². The highest BCUT2D eigenvalue weighted by atomic mass is 32.2. The fraction of sp³-hybridized carbons (Fsp3) is 0.278. The molecule has 0 radical (unpaired) electrons. The van der Waals surface area contributed by atoms with Gasteiger partial charge in [0.05, 0.1) is 13.5 Å². The van der Waals surface area contributed by atoms with Crippen LogP contribution in [-0.2, 0) is 26.1 Å². The third-order valence-corrected chi connectivity index (χ3v) is 4.80. The molecule has 128 valence electrons. The normalized spacial score (nSPS) is 11.3. The van der Waals surface area contributed by atoms with E-state index in [-0.39, 0.29) is 23.0 Å². The Bertz CT molecular complexity index is 790. The first kappa shape index (κ1) is 18.0. The van der Waals surface area contributed by atoms with Crippen molar-refractivity contribution in [3.63, 3.8) is 0 Å². The van der Waals surface area contributed by atoms with E-state index < -0.39 is 10.1 Å². The van der Waals surface area contributed by atoms with Crippen LogP contribution in [-0.4, -0.2) is 21.5 Å². The number of rotatable bonds is 6. The molecule has 0 aliphatic rings. The summed E-state index contributed by atoms with van der Waals surface area (Å²) in [5, 5.41) is 0. The fourth-order valence-corrected chi connectivity index (χ4v) is 3.03. The molecule has 0 heterocycles. The smallest absolute Gasteiger partial charge is 0.339 e. The second-order valence-electron chi connectivity index (χ2n) is 5.66. The zero-order valence-corrected chi connectivity index (χ0v) is 14.7. The number of ether oxygens (including phenoxy) is 1. The van der Waals surface area contributed by atoms with Gasteiger partial charge in [0.15, 0.2) is 0 Å². The van der Waals surface area contributed by atoms with Gasteiger partial charge in [0.1, 0.15) is 10.6 Å². The molecule has 0 aromatic heterocycles. The Kier molecular flexibility index (Phi) is 5.62. The van der Waals surface area contributed by atoms with Crippen molar-refractivity contribution in [2.24, 2.45) is 0 Å². The maximum atomic E-state index is 12.3. The molecule has 0 fully saturated rings. The van der Waals surface area contributed by atoms with Crippen molar-refractivity contribution in [2.45, 2.75) is 31.1 Å². The van der Waals surface area contributed by atoms with Gasteiger partial charge in [-0.15, -0.1) is 0 Å². The Morgan fingerprint density at radius 2 is 1.58 bits per heavy atom. The maximum Gasteiger partial charge on any atom is 0.339 e. The lowest BCUT2D eigenvalue weighted by molar-refractivity contribution is -0.139. The van der Waals surface area contributed by atoms with Gasteiger partial charge in [-0.2, -0.15) is 8.42 Å². The number of methoxy groups -OCH3 is 1. The van der Waals surface area contributed by atoms with Gasteiger partial charge >= 0.3 is 16.1 Å². The van der Waals surface area contributed by atoms with Gasteiger partial charge < -0.3 is 8.92 Å². The molecule has 0 saturated heterocycles. The average Bonchev–Trinajstić information content (AvgIpc) is 2.56. The van der Waals surface area contributed by atoms with E-state index in [4.69, 9.17) is 4.18 Å². The van der Waals surface area contributed by atoms with E-state index in [1.54, 1.807) is 24.3 Å². The molecule has 0 saturated carbocycles. The largest absolute Gasteiger partial charge is 0.469 e. The zero-order valence-electron chi connectivity index (χ0n) is 13.9. The average molecular weight is 348 g/mol. The summed E-state index contributed by atoms with van der Waals surface area (Å²) in [6.07, 6.45) is 0.125. The van der Waals surface area contributed by atoms with E-state index in [9.17, 15) is 13.2 Å². The molecule has 2 aromatic rings. The highest BCUT2D eigenvalue weighted by Crippen LogP contribution is 2.22. The first-order chi connectivity index (χ1) is 11.3. The molecule has 0 atom stereocenters. The van der Waals surface area contributed by atoms with Crippen molar-refractivity contribution in [1.82, 2.24) is 0 Å². The summed E-state index contributed by atoms with van der Waals surface area (Å²) in [7, 11) is -2.57. The molecule has 0 N–H and O–H groups in total. The maximum absolute atomic E-state index is 12.3. The van der Waals surface area contributed by atoms with E-state index in [2.05, 4.69) is 4.74 Å². The van der Waals surface area contributed by atoms with Gasteiger partial charge in [-0.1, -0.05) is 38.1 Å². The predicted octanol–water partition coefficient (Wildman–Crippen LogP) is 3.29. The third kappa shape index (κ3) is 4.58. The van der Waals surface area contributed by atoms with Gasteiger partial charge in [-0.05, 0) is 41.3 Å². The Morgan fingerprint density at radius 1 is 1.00 bits per heavy atom. The van der Waals surface area contributed by atoms with Crippen LogP contribution in [0.3, 0.4) is 0 Å². The fourth-order valence-electron chi connectivity index (χ4n) is 2.10. The Morgan fingerprint density at radius 3 is 2.08 bits per heavy atom. The first-order valence-electron chi connectivity index (χ1n) is 7.52. The van der Waals surface area contributed by atoms with Crippen LogP contribution in [0.15, 0.2) is 53.4 Å². The van der Waals surface area contributed by atoms with Crippen molar-refractivity contribution in [3.05, 3.63) is 59.7 Å². The van der Waals surface area contributed by atoms with Crippen molar-refractivity contribution < 1.29 is 22.1 Å². The predicted molar refractivity (Wildman–Crippen MR) is 90.5 cm³/mol. The van der Waals surface area contributed by atoms with E-state index in [0.29, 0.717) is 11.5 Å². The summed E-state index contributed by atoms with van der Waals surface area (Å²) in [5.41, 5.74) is 1.77. The number of hydrogen-bond acceptors (Lipinski definition) is 5. The number of carbonyl (C=O) groups is 1. The summed E-state index contributed by atoms with van der Waals surface area (Å²) in [6, 6.07) is 12.9. The molecule has 2 rings (SSSR count). The van der Waals surface area contributed by atoms with Gasteiger partial charge in [-0.3, -0.25) is 4.79 Å². The summed E-state index contributed by atoms with van der Waals surface area (Å²) in [6.45, 7) is 4.08. The molecule has 0 bridgehead atoms. The van der Waals surface area contributed by atoms with Crippen molar-refractivity contribution in [3.8, 4) is 5.75 Å². The van der Waals surface area contributed by atoms with Crippen molar-refractivity contribution >= 4 is 16.1 Å². The van der Waals surface area contributed by atoms with Crippen LogP contribution in [0.5, 0.6) is 5.75 Å². The van der Waals surface area contributed by atoms with Crippen LogP contribution in [0.2, 0.25) is 0 Å². The van der Waals surface area contributed by atoms with Crippen LogP contribution in [0.4, 0.5) is 0 Å². The van der Waals surface area contributed by atoms with E-state index in [0.717, 1.165) is 5.56 Å². The van der Waals surface area contributed by atoms with Crippen LogP contribution >= 0.6 is 0 Å². The highest BCUT2D eigenvalue weighted by Gasteiger charge is 2.17. The monoisotopic (exact) mass is 348 g/mol. The molecule has 24 heavy (non-hydrogen) atoms. The van der Waals surface area contributed by atoms with Gasteiger partial charge in [0.2, 0.25) is 0 Å². The summed E-state index contributed by atoms with van der Waals surface area (Å²) < 4.78 is 34.3. The summed E-state index contributed by atoms with van der Waals surface area (Å²) >= 11 is 0. The molecule has 0 unspecified atom stereocenters. The number of hydrogen-bond donors (Lipinski definition) is 0. The highest BCUT2D eigenvalue weighted by molar-refractivity contribution is 7.87. The Hall–Kier alpha value is -2.34. The van der Waals surface area contributed by atoms with Crippen LogP contribution < -0.4 is 4.18 Å². The molecule has 0 spiro atoms. The van der Waals surface area contributed by atoms with Gasteiger partial charge in [0.25, 0.3) is 0 Å². The molecule has 2 aromatic carbocycles. The second kappa shape index (κ2) is 7.49.